The molecule has 0 aliphatic heterocycles. The molecule has 3 heteroatoms. The van der Waals surface area contributed by atoms with Crippen molar-refractivity contribution in [2.45, 2.75) is 32.2 Å². The highest BCUT2D eigenvalue weighted by Crippen LogP contribution is 2.50. The molecule has 1 aliphatic carbocycles. The van der Waals surface area contributed by atoms with Gasteiger partial charge < -0.3 is 5.73 Å². The highest BCUT2D eigenvalue weighted by atomic mass is 19.2. The van der Waals surface area contributed by atoms with Crippen LogP contribution in [0.5, 0.6) is 0 Å². The predicted octanol–water partition coefficient (Wildman–Crippen LogP) is 2.63. The Morgan fingerprint density at radius 1 is 1.33 bits per heavy atom. The second-order valence-electron chi connectivity index (χ2n) is 4.58. The van der Waals surface area contributed by atoms with Crippen LogP contribution in [0.15, 0.2) is 18.2 Å². The molecular formula is C12H15F2N. The summed E-state index contributed by atoms with van der Waals surface area (Å²) in [6, 6.07) is 4.21. The fraction of sp³-hybridized carbons (Fsp3) is 0.500. The summed E-state index contributed by atoms with van der Waals surface area (Å²) in [5.41, 5.74) is 6.85. The average Bonchev–Trinajstić information content (AvgIpc) is 2.93. The van der Waals surface area contributed by atoms with Gasteiger partial charge in [0.15, 0.2) is 11.6 Å². The van der Waals surface area contributed by atoms with Crippen molar-refractivity contribution in [3.8, 4) is 0 Å². The fourth-order valence-electron chi connectivity index (χ4n) is 2.01. The van der Waals surface area contributed by atoms with E-state index in [-0.39, 0.29) is 11.5 Å². The Morgan fingerprint density at radius 2 is 2.00 bits per heavy atom. The maximum Gasteiger partial charge on any atom is 0.159 e. The molecule has 15 heavy (non-hydrogen) atoms. The molecule has 1 atom stereocenters. The van der Waals surface area contributed by atoms with E-state index >= 15 is 0 Å². The van der Waals surface area contributed by atoms with Crippen molar-refractivity contribution in [2.24, 2.45) is 11.1 Å². The lowest BCUT2D eigenvalue weighted by Gasteiger charge is -2.19. The molecule has 1 saturated carbocycles. The molecule has 0 saturated heterocycles. The summed E-state index contributed by atoms with van der Waals surface area (Å²) in [5.74, 6) is -1.56. The third-order valence-electron chi connectivity index (χ3n) is 3.40. The normalized spacial score (nSPS) is 20.0. The van der Waals surface area contributed by atoms with Crippen LogP contribution in [-0.2, 0) is 6.42 Å². The summed E-state index contributed by atoms with van der Waals surface area (Å²) in [5, 5.41) is 0. The van der Waals surface area contributed by atoms with Gasteiger partial charge in [-0.2, -0.15) is 0 Å². The molecule has 1 aromatic carbocycles. The standard InChI is InChI=1S/C12H15F2N/c1-8(15)12(4-5-12)7-9-2-3-10(13)11(14)6-9/h2-3,6,8H,4-5,7,15H2,1H3. The molecule has 1 nitrogen and oxygen atoms in total. The van der Waals surface area contributed by atoms with E-state index in [9.17, 15) is 8.78 Å². The van der Waals surface area contributed by atoms with Gasteiger partial charge in [0.25, 0.3) is 0 Å². The van der Waals surface area contributed by atoms with Crippen LogP contribution in [0.3, 0.4) is 0 Å². The van der Waals surface area contributed by atoms with E-state index in [1.54, 1.807) is 6.07 Å². The number of hydrogen-bond donors (Lipinski definition) is 1. The van der Waals surface area contributed by atoms with Crippen LogP contribution >= 0.6 is 0 Å². The molecule has 0 radical (unpaired) electrons. The number of nitrogens with two attached hydrogens (primary N) is 1. The zero-order valence-corrected chi connectivity index (χ0v) is 8.76. The smallest absolute Gasteiger partial charge is 0.159 e. The highest BCUT2D eigenvalue weighted by Gasteiger charge is 2.45. The van der Waals surface area contributed by atoms with E-state index in [1.165, 1.54) is 12.1 Å². The molecule has 82 valence electrons. The molecule has 0 aromatic heterocycles. The fourth-order valence-corrected chi connectivity index (χ4v) is 2.01. The lowest BCUT2D eigenvalue weighted by Crippen LogP contribution is -2.29. The van der Waals surface area contributed by atoms with Crippen LogP contribution in [0.2, 0.25) is 0 Å². The van der Waals surface area contributed by atoms with Gasteiger partial charge in [0.2, 0.25) is 0 Å². The van der Waals surface area contributed by atoms with E-state index in [0.717, 1.165) is 24.8 Å². The lowest BCUT2D eigenvalue weighted by molar-refractivity contribution is 0.416. The number of benzene rings is 1. The van der Waals surface area contributed by atoms with Crippen LogP contribution in [0.4, 0.5) is 8.78 Å². The summed E-state index contributed by atoms with van der Waals surface area (Å²) in [7, 11) is 0. The van der Waals surface area contributed by atoms with Crippen LogP contribution in [0.25, 0.3) is 0 Å². The second kappa shape index (κ2) is 3.56. The SMILES string of the molecule is CC(N)C1(Cc2ccc(F)c(F)c2)CC1. The average molecular weight is 211 g/mol. The minimum atomic E-state index is -0.788. The van der Waals surface area contributed by atoms with E-state index < -0.39 is 11.6 Å². The van der Waals surface area contributed by atoms with E-state index in [1.807, 2.05) is 6.92 Å². The van der Waals surface area contributed by atoms with Gasteiger partial charge in [-0.25, -0.2) is 8.78 Å². The van der Waals surface area contributed by atoms with E-state index in [0.29, 0.717) is 0 Å². The Bertz CT molecular complexity index is 370. The van der Waals surface area contributed by atoms with Gasteiger partial charge in [-0.05, 0) is 49.3 Å². The Labute approximate surface area is 88.3 Å². The highest BCUT2D eigenvalue weighted by molar-refractivity contribution is 5.21. The van der Waals surface area contributed by atoms with Gasteiger partial charge in [-0.15, -0.1) is 0 Å². The molecule has 0 amide bonds. The van der Waals surface area contributed by atoms with Crippen molar-refractivity contribution in [3.63, 3.8) is 0 Å². The van der Waals surface area contributed by atoms with Gasteiger partial charge >= 0.3 is 0 Å². The van der Waals surface area contributed by atoms with Crippen LogP contribution in [0.1, 0.15) is 25.3 Å². The third-order valence-corrected chi connectivity index (χ3v) is 3.40. The van der Waals surface area contributed by atoms with Crippen LogP contribution in [-0.4, -0.2) is 6.04 Å². The van der Waals surface area contributed by atoms with Crippen molar-refractivity contribution in [3.05, 3.63) is 35.4 Å². The van der Waals surface area contributed by atoms with Crippen molar-refractivity contribution in [2.75, 3.05) is 0 Å². The van der Waals surface area contributed by atoms with Crippen molar-refractivity contribution < 1.29 is 8.78 Å². The first-order valence-electron chi connectivity index (χ1n) is 5.23. The number of halogens is 2. The Kier molecular flexibility index (Phi) is 2.51. The first kappa shape index (κ1) is 10.6. The predicted molar refractivity (Wildman–Crippen MR) is 55.4 cm³/mol. The van der Waals surface area contributed by atoms with Crippen molar-refractivity contribution in [1.29, 1.82) is 0 Å². The topological polar surface area (TPSA) is 26.0 Å². The largest absolute Gasteiger partial charge is 0.327 e. The third kappa shape index (κ3) is 2.02. The molecule has 1 aromatic rings. The number of hydrogen-bond acceptors (Lipinski definition) is 1. The van der Waals surface area contributed by atoms with Gasteiger partial charge in [-0.3, -0.25) is 0 Å². The maximum atomic E-state index is 13.0. The second-order valence-corrected chi connectivity index (χ2v) is 4.58. The van der Waals surface area contributed by atoms with Gasteiger partial charge in [0.05, 0.1) is 0 Å². The van der Waals surface area contributed by atoms with Crippen molar-refractivity contribution >= 4 is 0 Å². The summed E-state index contributed by atoms with van der Waals surface area (Å²) in [6.07, 6.45) is 2.93. The van der Waals surface area contributed by atoms with Crippen LogP contribution < -0.4 is 5.73 Å². The molecule has 1 unspecified atom stereocenters. The zero-order chi connectivity index (χ0) is 11.1. The van der Waals surface area contributed by atoms with Gasteiger partial charge in [0.1, 0.15) is 0 Å². The quantitative estimate of drug-likeness (QED) is 0.817. The minimum Gasteiger partial charge on any atom is -0.327 e. The summed E-state index contributed by atoms with van der Waals surface area (Å²) in [4.78, 5) is 0. The van der Waals surface area contributed by atoms with E-state index in [2.05, 4.69) is 0 Å². The maximum absolute atomic E-state index is 13.0. The first-order valence-corrected chi connectivity index (χ1v) is 5.23. The minimum absolute atomic E-state index is 0.116. The summed E-state index contributed by atoms with van der Waals surface area (Å²) >= 11 is 0. The van der Waals surface area contributed by atoms with Crippen molar-refractivity contribution in [1.82, 2.24) is 0 Å². The lowest BCUT2D eigenvalue weighted by atomic mass is 9.90. The van der Waals surface area contributed by atoms with E-state index in [4.69, 9.17) is 5.73 Å². The van der Waals surface area contributed by atoms with Gasteiger partial charge in [0, 0.05) is 6.04 Å². The molecule has 1 aliphatic rings. The number of rotatable bonds is 3. The van der Waals surface area contributed by atoms with Gasteiger partial charge in [-0.1, -0.05) is 6.07 Å². The molecular weight excluding hydrogens is 196 g/mol. The van der Waals surface area contributed by atoms with Crippen LogP contribution in [0, 0.1) is 17.0 Å². The zero-order valence-electron chi connectivity index (χ0n) is 8.76. The summed E-state index contributed by atoms with van der Waals surface area (Å²) in [6.45, 7) is 1.98. The Balaban J connectivity index is 2.15. The molecule has 2 N–H and O–H groups in total. The summed E-state index contributed by atoms with van der Waals surface area (Å²) < 4.78 is 25.7. The Morgan fingerprint density at radius 3 is 2.47 bits per heavy atom. The Hall–Kier alpha value is -0.960. The molecule has 0 heterocycles. The molecule has 2 rings (SSSR count). The monoisotopic (exact) mass is 211 g/mol. The molecule has 0 spiro atoms. The molecule has 0 bridgehead atoms. The molecule has 1 fully saturated rings. The first-order chi connectivity index (χ1) is 7.03.